The summed E-state index contributed by atoms with van der Waals surface area (Å²) in [6.07, 6.45) is 5.44. The Morgan fingerprint density at radius 2 is 1.89 bits per heavy atom. The smallest absolute Gasteiger partial charge is 0.119 e. The normalized spacial score (nSPS) is 17.5. The molecule has 0 spiro atoms. The Kier molecular flexibility index (Phi) is 6.18. The SMILES string of the molecule is CNC(COCCOc1ccccc1)C1CCCC1. The lowest BCUT2D eigenvalue weighted by molar-refractivity contribution is 0.0724. The van der Waals surface area contributed by atoms with Crippen molar-refractivity contribution in [2.45, 2.75) is 31.7 Å². The third kappa shape index (κ3) is 4.84. The van der Waals surface area contributed by atoms with Crippen LogP contribution >= 0.6 is 0 Å². The molecule has 1 unspecified atom stereocenters. The van der Waals surface area contributed by atoms with E-state index in [2.05, 4.69) is 5.32 Å². The van der Waals surface area contributed by atoms with Crippen molar-refractivity contribution in [1.29, 1.82) is 0 Å². The molecule has 0 aliphatic heterocycles. The van der Waals surface area contributed by atoms with Gasteiger partial charge in [-0.15, -0.1) is 0 Å². The van der Waals surface area contributed by atoms with Gasteiger partial charge in [0, 0.05) is 6.04 Å². The lowest BCUT2D eigenvalue weighted by Crippen LogP contribution is -2.37. The van der Waals surface area contributed by atoms with Crippen molar-refractivity contribution in [2.75, 3.05) is 26.9 Å². The van der Waals surface area contributed by atoms with Crippen LogP contribution < -0.4 is 10.1 Å². The number of ether oxygens (including phenoxy) is 2. The molecule has 19 heavy (non-hydrogen) atoms. The molecule has 106 valence electrons. The van der Waals surface area contributed by atoms with E-state index in [-0.39, 0.29) is 0 Å². The molecule has 0 radical (unpaired) electrons. The zero-order valence-corrected chi connectivity index (χ0v) is 11.8. The third-order valence-corrected chi connectivity index (χ3v) is 3.88. The fraction of sp³-hybridized carbons (Fsp3) is 0.625. The first-order valence-electron chi connectivity index (χ1n) is 7.33. The summed E-state index contributed by atoms with van der Waals surface area (Å²) in [4.78, 5) is 0. The minimum Gasteiger partial charge on any atom is -0.491 e. The van der Waals surface area contributed by atoms with E-state index >= 15 is 0 Å². The summed E-state index contributed by atoms with van der Waals surface area (Å²) in [6.45, 7) is 2.06. The molecule has 1 aromatic rings. The van der Waals surface area contributed by atoms with Crippen LogP contribution in [-0.2, 0) is 4.74 Å². The van der Waals surface area contributed by atoms with E-state index in [4.69, 9.17) is 9.47 Å². The molecule has 0 bridgehead atoms. The van der Waals surface area contributed by atoms with Crippen molar-refractivity contribution in [3.05, 3.63) is 30.3 Å². The predicted octanol–water partition coefficient (Wildman–Crippen LogP) is 2.86. The van der Waals surface area contributed by atoms with Gasteiger partial charge in [0.15, 0.2) is 0 Å². The van der Waals surface area contributed by atoms with Crippen LogP contribution in [-0.4, -0.2) is 32.9 Å². The standard InChI is InChI=1S/C16H25NO2/c1-17-16(14-7-5-6-8-14)13-18-11-12-19-15-9-3-2-4-10-15/h2-4,9-10,14,16-17H,5-8,11-13H2,1H3. The second-order valence-electron chi connectivity index (χ2n) is 5.18. The summed E-state index contributed by atoms with van der Waals surface area (Å²) >= 11 is 0. The van der Waals surface area contributed by atoms with Gasteiger partial charge in [-0.2, -0.15) is 0 Å². The zero-order chi connectivity index (χ0) is 13.3. The van der Waals surface area contributed by atoms with Crippen LogP contribution in [0.2, 0.25) is 0 Å². The van der Waals surface area contributed by atoms with E-state index in [0.29, 0.717) is 19.3 Å². The first-order chi connectivity index (χ1) is 9.40. The number of para-hydroxylation sites is 1. The monoisotopic (exact) mass is 263 g/mol. The minimum absolute atomic E-state index is 0.499. The first-order valence-corrected chi connectivity index (χ1v) is 7.33. The van der Waals surface area contributed by atoms with Crippen molar-refractivity contribution in [3.63, 3.8) is 0 Å². The number of nitrogens with one attached hydrogen (secondary N) is 1. The first kappa shape index (κ1) is 14.4. The van der Waals surface area contributed by atoms with Gasteiger partial charge >= 0.3 is 0 Å². The summed E-state index contributed by atoms with van der Waals surface area (Å²) in [7, 11) is 2.03. The van der Waals surface area contributed by atoms with Crippen LogP contribution in [0.1, 0.15) is 25.7 Å². The number of hydrogen-bond acceptors (Lipinski definition) is 3. The molecule has 0 heterocycles. The molecule has 1 aliphatic carbocycles. The number of rotatable bonds is 8. The maximum Gasteiger partial charge on any atom is 0.119 e. The molecule has 1 atom stereocenters. The van der Waals surface area contributed by atoms with Crippen LogP contribution in [0.4, 0.5) is 0 Å². The molecule has 3 heteroatoms. The number of benzene rings is 1. The van der Waals surface area contributed by atoms with Crippen LogP contribution in [0, 0.1) is 5.92 Å². The van der Waals surface area contributed by atoms with E-state index in [0.717, 1.165) is 18.3 Å². The highest BCUT2D eigenvalue weighted by Crippen LogP contribution is 2.27. The summed E-state index contributed by atoms with van der Waals surface area (Å²) in [6, 6.07) is 10.4. The van der Waals surface area contributed by atoms with Gasteiger partial charge in [0.05, 0.1) is 13.2 Å². The van der Waals surface area contributed by atoms with Gasteiger partial charge in [0.1, 0.15) is 12.4 Å². The fourth-order valence-corrected chi connectivity index (χ4v) is 2.76. The fourth-order valence-electron chi connectivity index (χ4n) is 2.76. The van der Waals surface area contributed by atoms with E-state index in [1.54, 1.807) is 0 Å². The highest BCUT2D eigenvalue weighted by atomic mass is 16.5. The molecular weight excluding hydrogens is 238 g/mol. The predicted molar refractivity (Wildman–Crippen MR) is 77.6 cm³/mol. The summed E-state index contributed by atoms with van der Waals surface area (Å²) in [5, 5.41) is 3.39. The Labute approximate surface area is 116 Å². The molecule has 0 aromatic heterocycles. The Hall–Kier alpha value is -1.06. The van der Waals surface area contributed by atoms with Crippen LogP contribution in [0.3, 0.4) is 0 Å². The van der Waals surface area contributed by atoms with E-state index in [9.17, 15) is 0 Å². The van der Waals surface area contributed by atoms with Gasteiger partial charge in [-0.05, 0) is 37.9 Å². The Morgan fingerprint density at radius 1 is 1.16 bits per heavy atom. The van der Waals surface area contributed by atoms with Crippen molar-refractivity contribution in [3.8, 4) is 5.75 Å². The molecule has 1 aliphatic rings. The van der Waals surface area contributed by atoms with Crippen LogP contribution in [0.25, 0.3) is 0 Å². The summed E-state index contributed by atoms with van der Waals surface area (Å²) in [5.74, 6) is 1.70. The van der Waals surface area contributed by atoms with E-state index in [1.807, 2.05) is 37.4 Å². The maximum absolute atomic E-state index is 5.73. The van der Waals surface area contributed by atoms with Gasteiger partial charge in [0.25, 0.3) is 0 Å². The zero-order valence-electron chi connectivity index (χ0n) is 11.8. The average molecular weight is 263 g/mol. The van der Waals surface area contributed by atoms with Crippen LogP contribution in [0.15, 0.2) is 30.3 Å². The largest absolute Gasteiger partial charge is 0.491 e. The van der Waals surface area contributed by atoms with E-state index < -0.39 is 0 Å². The Morgan fingerprint density at radius 3 is 2.58 bits per heavy atom. The van der Waals surface area contributed by atoms with Crippen molar-refractivity contribution >= 4 is 0 Å². The molecule has 2 rings (SSSR count). The molecule has 0 saturated heterocycles. The summed E-state index contributed by atoms with van der Waals surface area (Å²) < 4.78 is 11.3. The summed E-state index contributed by atoms with van der Waals surface area (Å²) in [5.41, 5.74) is 0. The minimum atomic E-state index is 0.499. The number of likely N-dealkylation sites (N-methyl/N-ethyl adjacent to an activating group) is 1. The van der Waals surface area contributed by atoms with Gasteiger partial charge in [-0.3, -0.25) is 0 Å². The van der Waals surface area contributed by atoms with Crippen LogP contribution in [0.5, 0.6) is 5.75 Å². The highest BCUT2D eigenvalue weighted by molar-refractivity contribution is 5.20. The molecule has 1 N–H and O–H groups in total. The number of hydrogen-bond donors (Lipinski definition) is 1. The molecule has 1 aromatic carbocycles. The van der Waals surface area contributed by atoms with Crippen molar-refractivity contribution in [2.24, 2.45) is 5.92 Å². The third-order valence-electron chi connectivity index (χ3n) is 3.88. The van der Waals surface area contributed by atoms with Gasteiger partial charge in [-0.25, -0.2) is 0 Å². The topological polar surface area (TPSA) is 30.5 Å². The average Bonchev–Trinajstić information content (AvgIpc) is 2.98. The molecular formula is C16H25NO2. The second kappa shape index (κ2) is 8.18. The second-order valence-corrected chi connectivity index (χ2v) is 5.18. The van der Waals surface area contributed by atoms with Gasteiger partial charge < -0.3 is 14.8 Å². The molecule has 3 nitrogen and oxygen atoms in total. The van der Waals surface area contributed by atoms with Gasteiger partial charge in [0.2, 0.25) is 0 Å². The molecule has 0 amide bonds. The van der Waals surface area contributed by atoms with Crippen molar-refractivity contribution < 1.29 is 9.47 Å². The quantitative estimate of drug-likeness (QED) is 0.732. The Bertz CT molecular complexity index is 336. The Balaban J connectivity index is 1.58. The highest BCUT2D eigenvalue weighted by Gasteiger charge is 2.23. The van der Waals surface area contributed by atoms with E-state index in [1.165, 1.54) is 25.7 Å². The lowest BCUT2D eigenvalue weighted by Gasteiger charge is -2.22. The maximum atomic E-state index is 5.73. The van der Waals surface area contributed by atoms with Crippen molar-refractivity contribution in [1.82, 2.24) is 5.32 Å². The van der Waals surface area contributed by atoms with Gasteiger partial charge in [-0.1, -0.05) is 31.0 Å². The molecule has 1 fully saturated rings. The lowest BCUT2D eigenvalue weighted by atomic mass is 9.99. The molecule has 1 saturated carbocycles.